The second kappa shape index (κ2) is 5.41. The lowest BCUT2D eigenvalue weighted by molar-refractivity contribution is 0.256. The van der Waals surface area contributed by atoms with Crippen LogP contribution in [0.2, 0.25) is 0 Å². The van der Waals surface area contributed by atoms with Gasteiger partial charge in [-0.1, -0.05) is 11.2 Å². The SMILES string of the molecule is N#Cc1ncccc1CN1CCC(=NO)CC1. The van der Waals surface area contributed by atoms with Crippen LogP contribution in [-0.4, -0.2) is 33.9 Å². The van der Waals surface area contributed by atoms with Gasteiger partial charge in [0, 0.05) is 44.2 Å². The second-order valence-electron chi connectivity index (χ2n) is 4.07. The van der Waals surface area contributed by atoms with Crippen LogP contribution in [0.15, 0.2) is 23.5 Å². The smallest absolute Gasteiger partial charge is 0.144 e. The summed E-state index contributed by atoms with van der Waals surface area (Å²) in [6.45, 7) is 2.45. The minimum atomic E-state index is 0.495. The highest BCUT2D eigenvalue weighted by Gasteiger charge is 2.16. The first-order valence-electron chi connectivity index (χ1n) is 5.59. The van der Waals surface area contributed by atoms with Crippen LogP contribution >= 0.6 is 0 Å². The van der Waals surface area contributed by atoms with Crippen LogP contribution < -0.4 is 0 Å². The Labute approximate surface area is 100.0 Å². The first kappa shape index (κ1) is 11.6. The topological polar surface area (TPSA) is 72.5 Å². The maximum Gasteiger partial charge on any atom is 0.144 e. The van der Waals surface area contributed by atoms with Crippen LogP contribution in [0.4, 0.5) is 0 Å². The second-order valence-corrected chi connectivity index (χ2v) is 4.07. The monoisotopic (exact) mass is 230 g/mol. The minimum absolute atomic E-state index is 0.495. The Bertz CT molecular complexity index is 454. The average molecular weight is 230 g/mol. The van der Waals surface area contributed by atoms with E-state index >= 15 is 0 Å². The lowest BCUT2D eigenvalue weighted by Crippen LogP contribution is -2.33. The van der Waals surface area contributed by atoms with Crippen LogP contribution in [0.5, 0.6) is 0 Å². The van der Waals surface area contributed by atoms with E-state index in [0.717, 1.165) is 43.8 Å². The molecule has 0 bridgehead atoms. The van der Waals surface area contributed by atoms with Crippen molar-refractivity contribution >= 4 is 5.71 Å². The van der Waals surface area contributed by atoms with Crippen molar-refractivity contribution in [1.82, 2.24) is 9.88 Å². The largest absolute Gasteiger partial charge is 0.411 e. The van der Waals surface area contributed by atoms with Crippen molar-refractivity contribution in [3.05, 3.63) is 29.6 Å². The van der Waals surface area contributed by atoms with Crippen LogP contribution in [-0.2, 0) is 6.54 Å². The van der Waals surface area contributed by atoms with Crippen molar-refractivity contribution in [3.8, 4) is 6.07 Å². The number of pyridine rings is 1. The maximum atomic E-state index is 8.94. The number of oxime groups is 1. The zero-order chi connectivity index (χ0) is 12.1. The molecule has 1 fully saturated rings. The Balaban J connectivity index is 2.00. The zero-order valence-corrected chi connectivity index (χ0v) is 9.50. The molecule has 88 valence electrons. The first-order chi connectivity index (χ1) is 8.33. The van der Waals surface area contributed by atoms with Crippen molar-refractivity contribution in [1.29, 1.82) is 5.26 Å². The van der Waals surface area contributed by atoms with E-state index in [-0.39, 0.29) is 0 Å². The first-order valence-corrected chi connectivity index (χ1v) is 5.59. The Kier molecular flexibility index (Phi) is 3.68. The molecule has 5 nitrogen and oxygen atoms in total. The Morgan fingerprint density at radius 1 is 1.47 bits per heavy atom. The highest BCUT2D eigenvalue weighted by atomic mass is 16.4. The van der Waals surface area contributed by atoms with Crippen LogP contribution in [0.1, 0.15) is 24.1 Å². The summed E-state index contributed by atoms with van der Waals surface area (Å²) in [5.41, 5.74) is 2.31. The molecule has 0 atom stereocenters. The molecule has 1 aromatic heterocycles. The molecule has 1 saturated heterocycles. The van der Waals surface area contributed by atoms with Gasteiger partial charge in [0.15, 0.2) is 0 Å². The third-order valence-corrected chi connectivity index (χ3v) is 2.97. The molecule has 5 heteroatoms. The van der Waals surface area contributed by atoms with E-state index in [1.807, 2.05) is 12.1 Å². The molecule has 1 N–H and O–H groups in total. The summed E-state index contributed by atoms with van der Waals surface area (Å²) >= 11 is 0. The van der Waals surface area contributed by atoms with Gasteiger partial charge in [-0.25, -0.2) is 4.98 Å². The van der Waals surface area contributed by atoms with Crippen molar-refractivity contribution in [2.75, 3.05) is 13.1 Å². The normalized spacial score (nSPS) is 16.5. The van der Waals surface area contributed by atoms with Gasteiger partial charge >= 0.3 is 0 Å². The van der Waals surface area contributed by atoms with Gasteiger partial charge in [-0.3, -0.25) is 4.90 Å². The van der Waals surface area contributed by atoms with E-state index < -0.39 is 0 Å². The van der Waals surface area contributed by atoms with Crippen LogP contribution in [0.25, 0.3) is 0 Å². The maximum absolute atomic E-state index is 8.94. The van der Waals surface area contributed by atoms with Gasteiger partial charge < -0.3 is 5.21 Å². The average Bonchev–Trinajstić information content (AvgIpc) is 2.40. The predicted molar refractivity (Wildman–Crippen MR) is 62.7 cm³/mol. The molecule has 0 radical (unpaired) electrons. The van der Waals surface area contributed by atoms with Crippen molar-refractivity contribution in [3.63, 3.8) is 0 Å². The summed E-state index contributed by atoms with van der Waals surface area (Å²) < 4.78 is 0. The molecule has 17 heavy (non-hydrogen) atoms. The number of nitrogens with zero attached hydrogens (tertiary/aromatic N) is 4. The van der Waals surface area contributed by atoms with Gasteiger partial charge in [-0.2, -0.15) is 5.26 Å². The molecule has 2 rings (SSSR count). The Hall–Kier alpha value is -1.93. The summed E-state index contributed by atoms with van der Waals surface area (Å²) in [5, 5.41) is 20.9. The lowest BCUT2D eigenvalue weighted by Gasteiger charge is -2.26. The van der Waals surface area contributed by atoms with Crippen molar-refractivity contribution < 1.29 is 5.21 Å². The highest BCUT2D eigenvalue weighted by Crippen LogP contribution is 2.13. The molecule has 0 unspecified atom stereocenters. The number of nitriles is 1. The third-order valence-electron chi connectivity index (χ3n) is 2.97. The number of hydrogen-bond acceptors (Lipinski definition) is 5. The van der Waals surface area contributed by atoms with Crippen molar-refractivity contribution in [2.45, 2.75) is 19.4 Å². The fourth-order valence-corrected chi connectivity index (χ4v) is 1.98. The zero-order valence-electron chi connectivity index (χ0n) is 9.50. The summed E-state index contributed by atoms with van der Waals surface area (Å²) in [6.07, 6.45) is 3.21. The standard InChI is InChI=1S/C12H14N4O/c13-8-12-10(2-1-5-14-12)9-16-6-3-11(15-17)4-7-16/h1-2,5,17H,3-4,6-7,9H2. The number of likely N-dealkylation sites (tertiary alicyclic amines) is 1. The number of hydrogen-bond donors (Lipinski definition) is 1. The van der Waals surface area contributed by atoms with E-state index in [0.29, 0.717) is 5.69 Å². The van der Waals surface area contributed by atoms with E-state index in [1.165, 1.54) is 0 Å². The van der Waals surface area contributed by atoms with Crippen LogP contribution in [0.3, 0.4) is 0 Å². The van der Waals surface area contributed by atoms with Crippen LogP contribution in [0, 0.1) is 11.3 Å². The summed E-state index contributed by atoms with van der Waals surface area (Å²) in [6, 6.07) is 5.88. The lowest BCUT2D eigenvalue weighted by atomic mass is 10.1. The van der Waals surface area contributed by atoms with Gasteiger partial charge in [-0.05, 0) is 6.07 Å². The fourth-order valence-electron chi connectivity index (χ4n) is 1.98. The number of rotatable bonds is 2. The third kappa shape index (κ3) is 2.80. The van der Waals surface area contributed by atoms with E-state index in [1.54, 1.807) is 6.20 Å². The summed E-state index contributed by atoms with van der Waals surface area (Å²) in [4.78, 5) is 6.28. The molecular weight excluding hydrogens is 216 g/mol. The molecule has 0 aromatic carbocycles. The number of aromatic nitrogens is 1. The number of piperidine rings is 1. The Morgan fingerprint density at radius 3 is 2.88 bits per heavy atom. The van der Waals surface area contributed by atoms with Gasteiger partial charge in [0.05, 0.1) is 5.71 Å². The van der Waals surface area contributed by atoms with Crippen molar-refractivity contribution in [2.24, 2.45) is 5.16 Å². The van der Waals surface area contributed by atoms with Gasteiger partial charge in [-0.15, -0.1) is 0 Å². The van der Waals surface area contributed by atoms with E-state index in [9.17, 15) is 0 Å². The molecule has 0 saturated carbocycles. The Morgan fingerprint density at radius 2 is 2.24 bits per heavy atom. The molecule has 1 aromatic rings. The highest BCUT2D eigenvalue weighted by molar-refractivity contribution is 5.84. The predicted octanol–water partition coefficient (Wildman–Crippen LogP) is 1.38. The van der Waals surface area contributed by atoms with E-state index in [4.69, 9.17) is 10.5 Å². The molecule has 0 spiro atoms. The molecule has 0 amide bonds. The fraction of sp³-hybridized carbons (Fsp3) is 0.417. The molecule has 2 heterocycles. The summed E-state index contributed by atoms with van der Waals surface area (Å²) in [5.74, 6) is 0. The molecule has 1 aliphatic heterocycles. The molecule has 1 aliphatic rings. The molecular formula is C12H14N4O. The minimum Gasteiger partial charge on any atom is -0.411 e. The summed E-state index contributed by atoms with van der Waals surface area (Å²) in [7, 11) is 0. The quantitative estimate of drug-likeness (QED) is 0.615. The molecule has 0 aliphatic carbocycles. The van der Waals surface area contributed by atoms with Gasteiger partial charge in [0.2, 0.25) is 0 Å². The van der Waals surface area contributed by atoms with Gasteiger partial charge in [0.25, 0.3) is 0 Å². The van der Waals surface area contributed by atoms with Gasteiger partial charge in [0.1, 0.15) is 11.8 Å². The van der Waals surface area contributed by atoms with E-state index in [2.05, 4.69) is 21.1 Å².